The van der Waals surface area contributed by atoms with Gasteiger partial charge in [0.1, 0.15) is 5.76 Å². The lowest BCUT2D eigenvalue weighted by atomic mass is 10.3. The van der Waals surface area contributed by atoms with Crippen molar-refractivity contribution >= 4 is 21.6 Å². The van der Waals surface area contributed by atoms with Crippen molar-refractivity contribution in [1.29, 1.82) is 0 Å². The van der Waals surface area contributed by atoms with Crippen LogP contribution in [0.15, 0.2) is 94.7 Å². The van der Waals surface area contributed by atoms with Crippen LogP contribution in [-0.4, -0.2) is 24.1 Å². The van der Waals surface area contributed by atoms with Crippen LogP contribution < -0.4 is 10.0 Å². The SMILES string of the molecule is O=C(Nc1cccc(S(=O)(=O)NCc2ccco2)c1)c1cnn(-c2ccccc2)c1. The molecule has 2 heterocycles. The molecule has 0 fully saturated rings. The molecule has 2 N–H and O–H groups in total. The quantitative estimate of drug-likeness (QED) is 0.476. The van der Waals surface area contributed by atoms with E-state index in [2.05, 4.69) is 15.1 Å². The second kappa shape index (κ2) is 8.36. The van der Waals surface area contributed by atoms with Crippen molar-refractivity contribution in [3.8, 4) is 5.69 Å². The van der Waals surface area contributed by atoms with Crippen molar-refractivity contribution in [1.82, 2.24) is 14.5 Å². The van der Waals surface area contributed by atoms with E-state index in [1.165, 1.54) is 24.6 Å². The van der Waals surface area contributed by atoms with Crippen molar-refractivity contribution in [2.45, 2.75) is 11.4 Å². The first-order valence-electron chi connectivity index (χ1n) is 9.05. The first-order valence-corrected chi connectivity index (χ1v) is 10.5. The summed E-state index contributed by atoms with van der Waals surface area (Å²) in [4.78, 5) is 12.6. The minimum Gasteiger partial charge on any atom is -0.468 e. The fourth-order valence-electron chi connectivity index (χ4n) is 2.77. The molecule has 9 heteroatoms. The summed E-state index contributed by atoms with van der Waals surface area (Å²) in [6.07, 6.45) is 4.53. The third kappa shape index (κ3) is 4.48. The Morgan fingerprint density at radius 3 is 2.63 bits per heavy atom. The number of amides is 1. The van der Waals surface area contributed by atoms with Crippen LogP contribution in [0.25, 0.3) is 5.69 Å². The van der Waals surface area contributed by atoms with Gasteiger partial charge < -0.3 is 9.73 Å². The van der Waals surface area contributed by atoms with Gasteiger partial charge in [0.15, 0.2) is 0 Å². The number of sulfonamides is 1. The predicted octanol–water partition coefficient (Wildman–Crippen LogP) is 3.20. The number of nitrogens with one attached hydrogen (secondary N) is 2. The van der Waals surface area contributed by atoms with Gasteiger partial charge >= 0.3 is 0 Å². The Labute approximate surface area is 173 Å². The van der Waals surface area contributed by atoms with E-state index in [-0.39, 0.29) is 11.4 Å². The molecule has 0 spiro atoms. The summed E-state index contributed by atoms with van der Waals surface area (Å²) in [7, 11) is -3.77. The molecule has 0 saturated carbocycles. The van der Waals surface area contributed by atoms with E-state index in [9.17, 15) is 13.2 Å². The monoisotopic (exact) mass is 422 g/mol. The van der Waals surface area contributed by atoms with Gasteiger partial charge in [-0.1, -0.05) is 24.3 Å². The Balaban J connectivity index is 1.46. The minimum absolute atomic E-state index is 0.0323. The molecule has 2 aromatic heterocycles. The van der Waals surface area contributed by atoms with E-state index in [4.69, 9.17) is 4.42 Å². The molecule has 0 atom stereocenters. The van der Waals surface area contributed by atoms with Gasteiger partial charge in [-0.15, -0.1) is 0 Å². The van der Waals surface area contributed by atoms with Crippen LogP contribution in [-0.2, 0) is 16.6 Å². The lowest BCUT2D eigenvalue weighted by Gasteiger charge is -2.08. The van der Waals surface area contributed by atoms with Crippen LogP contribution in [0.1, 0.15) is 16.1 Å². The molecule has 0 bridgehead atoms. The lowest BCUT2D eigenvalue weighted by Crippen LogP contribution is -2.23. The van der Waals surface area contributed by atoms with Gasteiger partial charge in [0, 0.05) is 11.9 Å². The van der Waals surface area contributed by atoms with E-state index >= 15 is 0 Å². The van der Waals surface area contributed by atoms with E-state index < -0.39 is 15.9 Å². The molecular formula is C21H18N4O4S. The summed E-state index contributed by atoms with van der Waals surface area (Å²) in [6, 6.07) is 18.8. The highest BCUT2D eigenvalue weighted by molar-refractivity contribution is 7.89. The first kappa shape index (κ1) is 19.6. The normalized spacial score (nSPS) is 11.3. The van der Waals surface area contributed by atoms with E-state index in [0.29, 0.717) is 17.0 Å². The maximum absolute atomic E-state index is 12.6. The van der Waals surface area contributed by atoms with Crippen molar-refractivity contribution in [3.05, 3.63) is 96.7 Å². The average molecular weight is 422 g/mol. The zero-order chi connectivity index (χ0) is 21.0. The third-order valence-electron chi connectivity index (χ3n) is 4.28. The molecule has 0 aliphatic carbocycles. The number of hydrogen-bond donors (Lipinski definition) is 2. The Morgan fingerprint density at radius 1 is 1.03 bits per heavy atom. The van der Waals surface area contributed by atoms with Crippen LogP contribution in [0.4, 0.5) is 5.69 Å². The molecule has 4 aromatic rings. The number of furan rings is 1. The van der Waals surface area contributed by atoms with Gasteiger partial charge in [0.25, 0.3) is 5.91 Å². The van der Waals surface area contributed by atoms with Gasteiger partial charge in [-0.2, -0.15) is 5.10 Å². The Kier molecular flexibility index (Phi) is 5.46. The van der Waals surface area contributed by atoms with Crippen LogP contribution in [0.5, 0.6) is 0 Å². The fourth-order valence-corrected chi connectivity index (χ4v) is 3.81. The summed E-state index contributed by atoms with van der Waals surface area (Å²) >= 11 is 0. The summed E-state index contributed by atoms with van der Waals surface area (Å²) in [5.74, 6) is 0.105. The second-order valence-corrected chi connectivity index (χ2v) is 8.16. The molecule has 2 aromatic carbocycles. The Bertz CT molecular complexity index is 1250. The van der Waals surface area contributed by atoms with Crippen LogP contribution in [0.3, 0.4) is 0 Å². The molecular weight excluding hydrogens is 404 g/mol. The summed E-state index contributed by atoms with van der Waals surface area (Å²) < 4.78 is 34.2. The standard InChI is InChI=1S/C21H18N4O4S/c26-21(16-13-22-25(15-16)18-7-2-1-3-8-18)24-17-6-4-10-20(12-17)30(27,28)23-14-19-9-5-11-29-19/h1-13,15,23H,14H2,(H,24,26). The zero-order valence-corrected chi connectivity index (χ0v) is 16.5. The number of anilines is 1. The van der Waals surface area contributed by atoms with Crippen molar-refractivity contribution in [2.24, 2.45) is 0 Å². The maximum atomic E-state index is 12.6. The summed E-state index contributed by atoms with van der Waals surface area (Å²) in [5, 5.41) is 6.90. The number of carbonyl (C=O) groups excluding carboxylic acids is 1. The van der Waals surface area contributed by atoms with E-state index in [0.717, 1.165) is 5.69 Å². The topological polar surface area (TPSA) is 106 Å². The molecule has 30 heavy (non-hydrogen) atoms. The highest BCUT2D eigenvalue weighted by Gasteiger charge is 2.16. The lowest BCUT2D eigenvalue weighted by molar-refractivity contribution is 0.102. The fraction of sp³-hybridized carbons (Fsp3) is 0.0476. The molecule has 0 radical (unpaired) electrons. The van der Waals surface area contributed by atoms with Gasteiger partial charge in [-0.25, -0.2) is 17.8 Å². The number of nitrogens with zero attached hydrogens (tertiary/aromatic N) is 2. The minimum atomic E-state index is -3.77. The van der Waals surface area contributed by atoms with Gasteiger partial charge in [0.2, 0.25) is 10.0 Å². The summed E-state index contributed by atoms with van der Waals surface area (Å²) in [5.41, 5.74) is 1.53. The van der Waals surface area contributed by atoms with E-state index in [1.54, 1.807) is 35.1 Å². The van der Waals surface area contributed by atoms with Gasteiger partial charge in [-0.05, 0) is 42.5 Å². The molecule has 0 aliphatic rings. The Morgan fingerprint density at radius 2 is 1.87 bits per heavy atom. The average Bonchev–Trinajstić information content (AvgIpc) is 3.45. The second-order valence-electron chi connectivity index (χ2n) is 6.39. The molecule has 1 amide bonds. The third-order valence-corrected chi connectivity index (χ3v) is 5.68. The molecule has 4 rings (SSSR count). The molecule has 152 valence electrons. The number of hydrogen-bond acceptors (Lipinski definition) is 5. The number of para-hydroxylation sites is 1. The number of aromatic nitrogens is 2. The summed E-state index contributed by atoms with van der Waals surface area (Å²) in [6.45, 7) is 0.0323. The smallest absolute Gasteiger partial charge is 0.258 e. The maximum Gasteiger partial charge on any atom is 0.258 e. The number of carbonyl (C=O) groups is 1. The van der Waals surface area contributed by atoms with Gasteiger partial charge in [-0.3, -0.25) is 4.79 Å². The molecule has 8 nitrogen and oxygen atoms in total. The van der Waals surface area contributed by atoms with Crippen molar-refractivity contribution < 1.29 is 17.6 Å². The Hall–Kier alpha value is -3.69. The van der Waals surface area contributed by atoms with Gasteiger partial charge in [0.05, 0.1) is 35.2 Å². The van der Waals surface area contributed by atoms with Crippen LogP contribution in [0, 0.1) is 0 Å². The highest BCUT2D eigenvalue weighted by atomic mass is 32.2. The van der Waals surface area contributed by atoms with Crippen molar-refractivity contribution in [3.63, 3.8) is 0 Å². The zero-order valence-electron chi connectivity index (χ0n) is 15.7. The highest BCUT2D eigenvalue weighted by Crippen LogP contribution is 2.17. The predicted molar refractivity (Wildman–Crippen MR) is 111 cm³/mol. The molecule has 0 unspecified atom stereocenters. The number of benzene rings is 2. The van der Waals surface area contributed by atoms with Crippen LogP contribution >= 0.6 is 0 Å². The first-order chi connectivity index (χ1) is 14.5. The number of rotatable bonds is 7. The van der Waals surface area contributed by atoms with Crippen molar-refractivity contribution in [2.75, 3.05) is 5.32 Å². The largest absolute Gasteiger partial charge is 0.468 e. The molecule has 0 saturated heterocycles. The van der Waals surface area contributed by atoms with Crippen LogP contribution in [0.2, 0.25) is 0 Å². The molecule has 0 aliphatic heterocycles. The van der Waals surface area contributed by atoms with E-state index in [1.807, 2.05) is 30.3 Å².